The maximum atomic E-state index is 10.8. The monoisotopic (exact) mass is 126 g/mol. The Balaban J connectivity index is 2.69. The summed E-state index contributed by atoms with van der Waals surface area (Å²) in [6.45, 7) is 3.77. The van der Waals surface area contributed by atoms with Crippen molar-refractivity contribution < 1.29 is 9.53 Å². The average Bonchev–Trinajstić information content (AvgIpc) is 1.83. The van der Waals surface area contributed by atoms with Crippen LogP contribution in [0, 0.1) is 5.92 Å². The van der Waals surface area contributed by atoms with E-state index in [1.54, 1.807) is 0 Å². The van der Waals surface area contributed by atoms with Gasteiger partial charge in [0.05, 0.1) is 12.2 Å². The summed E-state index contributed by atoms with van der Waals surface area (Å²) in [5.41, 5.74) is 0. The molecule has 2 heteroatoms. The number of hydrogen-bond donors (Lipinski definition) is 0. The number of carbonyl (C=O) groups excluding carboxylic acids is 1. The second-order valence-corrected chi connectivity index (χ2v) is 2.33. The van der Waals surface area contributed by atoms with Gasteiger partial charge in [0.2, 0.25) is 0 Å². The molecule has 0 aromatic heterocycles. The number of allylic oxidation sites excluding steroid dienone is 1. The van der Waals surface area contributed by atoms with E-state index in [0.29, 0.717) is 0 Å². The summed E-state index contributed by atoms with van der Waals surface area (Å²) >= 11 is 0. The van der Waals surface area contributed by atoms with E-state index in [0.717, 1.165) is 0 Å². The highest BCUT2D eigenvalue weighted by molar-refractivity contribution is 5.92. The van der Waals surface area contributed by atoms with Gasteiger partial charge in [-0.05, 0) is 6.92 Å². The Bertz CT molecular complexity index is 149. The largest absolute Gasteiger partial charge is 0.497 e. The number of ether oxygens (including phenoxy) is 1. The maximum absolute atomic E-state index is 10.8. The third kappa shape index (κ3) is 1.12. The highest BCUT2D eigenvalue weighted by Gasteiger charge is 2.21. The van der Waals surface area contributed by atoms with Crippen LogP contribution in [0.1, 0.15) is 13.8 Å². The molecule has 0 N–H and O–H groups in total. The third-order valence-electron chi connectivity index (χ3n) is 1.68. The van der Waals surface area contributed by atoms with E-state index in [4.69, 9.17) is 4.74 Å². The first-order chi connectivity index (χ1) is 4.22. The van der Waals surface area contributed by atoms with E-state index in [9.17, 15) is 4.79 Å². The minimum Gasteiger partial charge on any atom is -0.497 e. The van der Waals surface area contributed by atoms with Gasteiger partial charge in [0, 0.05) is 6.08 Å². The fourth-order valence-electron chi connectivity index (χ4n) is 0.731. The van der Waals surface area contributed by atoms with Crippen molar-refractivity contribution in [1.29, 1.82) is 0 Å². The summed E-state index contributed by atoms with van der Waals surface area (Å²) in [6.07, 6.45) is 2.99. The second kappa shape index (κ2) is 2.21. The van der Waals surface area contributed by atoms with Crippen LogP contribution in [0.4, 0.5) is 0 Å². The number of hydrogen-bond acceptors (Lipinski definition) is 2. The van der Waals surface area contributed by atoms with Crippen molar-refractivity contribution in [2.24, 2.45) is 5.92 Å². The van der Waals surface area contributed by atoms with E-state index in [1.165, 1.54) is 12.3 Å². The van der Waals surface area contributed by atoms with Crippen LogP contribution in [0.5, 0.6) is 0 Å². The Morgan fingerprint density at radius 1 is 1.56 bits per heavy atom. The maximum Gasteiger partial charge on any atom is 0.165 e. The molecule has 2 nitrogen and oxygen atoms in total. The van der Waals surface area contributed by atoms with Crippen molar-refractivity contribution in [3.8, 4) is 0 Å². The predicted octanol–water partition coefficient (Wildman–Crippen LogP) is 1.12. The fraction of sp³-hybridized carbons (Fsp3) is 0.571. The van der Waals surface area contributed by atoms with Crippen LogP contribution in [0.3, 0.4) is 0 Å². The van der Waals surface area contributed by atoms with E-state index in [1.807, 2.05) is 13.8 Å². The zero-order chi connectivity index (χ0) is 6.85. The minimum atomic E-state index is 0.0231. The van der Waals surface area contributed by atoms with E-state index in [2.05, 4.69) is 0 Å². The molecule has 1 heterocycles. The van der Waals surface area contributed by atoms with Gasteiger partial charge in [-0.15, -0.1) is 0 Å². The molecule has 2 atom stereocenters. The zero-order valence-corrected chi connectivity index (χ0v) is 5.63. The van der Waals surface area contributed by atoms with Crippen molar-refractivity contribution in [2.75, 3.05) is 0 Å². The van der Waals surface area contributed by atoms with Crippen LogP contribution >= 0.6 is 0 Å². The van der Waals surface area contributed by atoms with E-state index >= 15 is 0 Å². The molecule has 0 saturated heterocycles. The molecule has 0 amide bonds. The summed E-state index contributed by atoms with van der Waals surface area (Å²) in [6, 6.07) is 0. The summed E-state index contributed by atoms with van der Waals surface area (Å²) in [5, 5.41) is 0. The van der Waals surface area contributed by atoms with Crippen molar-refractivity contribution in [2.45, 2.75) is 20.0 Å². The highest BCUT2D eigenvalue weighted by atomic mass is 16.5. The van der Waals surface area contributed by atoms with Crippen LogP contribution in [0.2, 0.25) is 0 Å². The molecule has 1 aliphatic rings. The topological polar surface area (TPSA) is 26.3 Å². The predicted molar refractivity (Wildman–Crippen MR) is 33.9 cm³/mol. The molecular formula is C7H10O2. The summed E-state index contributed by atoms with van der Waals surface area (Å²) in [4.78, 5) is 10.8. The standard InChI is InChI=1S/C7H10O2/c1-5-6(2)9-4-3-7(5)8/h3-6H,1-2H3/t5?,6-/m0/s1. The van der Waals surface area contributed by atoms with Gasteiger partial charge in [0.1, 0.15) is 6.10 Å². The molecule has 0 aliphatic carbocycles. The lowest BCUT2D eigenvalue weighted by Crippen LogP contribution is -2.26. The van der Waals surface area contributed by atoms with E-state index < -0.39 is 0 Å². The first-order valence-electron chi connectivity index (χ1n) is 3.07. The Hall–Kier alpha value is -0.790. The number of carbonyl (C=O) groups is 1. The van der Waals surface area contributed by atoms with Crippen LogP contribution in [0.25, 0.3) is 0 Å². The molecule has 0 aromatic carbocycles. The van der Waals surface area contributed by atoms with Crippen molar-refractivity contribution in [3.63, 3.8) is 0 Å². The van der Waals surface area contributed by atoms with Gasteiger partial charge in [-0.25, -0.2) is 0 Å². The molecule has 0 radical (unpaired) electrons. The van der Waals surface area contributed by atoms with Gasteiger partial charge in [-0.2, -0.15) is 0 Å². The molecule has 0 saturated carbocycles. The molecule has 1 unspecified atom stereocenters. The quantitative estimate of drug-likeness (QED) is 0.486. The van der Waals surface area contributed by atoms with Crippen LogP contribution in [0.15, 0.2) is 12.3 Å². The summed E-state index contributed by atoms with van der Waals surface area (Å²) in [7, 11) is 0. The molecule has 0 fully saturated rings. The van der Waals surface area contributed by atoms with Gasteiger partial charge < -0.3 is 4.74 Å². The second-order valence-electron chi connectivity index (χ2n) is 2.33. The lowest BCUT2D eigenvalue weighted by molar-refractivity contribution is -0.122. The van der Waals surface area contributed by atoms with Gasteiger partial charge in [-0.1, -0.05) is 6.92 Å². The Morgan fingerprint density at radius 2 is 2.22 bits per heavy atom. The van der Waals surface area contributed by atoms with Crippen molar-refractivity contribution in [1.82, 2.24) is 0 Å². The molecular weight excluding hydrogens is 116 g/mol. The van der Waals surface area contributed by atoms with Crippen molar-refractivity contribution in [3.05, 3.63) is 12.3 Å². The Morgan fingerprint density at radius 3 is 2.67 bits per heavy atom. The molecule has 0 spiro atoms. The zero-order valence-electron chi connectivity index (χ0n) is 5.63. The van der Waals surface area contributed by atoms with Crippen LogP contribution in [-0.2, 0) is 9.53 Å². The molecule has 0 bridgehead atoms. The third-order valence-corrected chi connectivity index (χ3v) is 1.68. The molecule has 1 aliphatic heterocycles. The Labute approximate surface area is 54.5 Å². The minimum absolute atomic E-state index is 0.0231. The number of ketones is 1. The molecule has 0 aromatic rings. The smallest absolute Gasteiger partial charge is 0.165 e. The van der Waals surface area contributed by atoms with Gasteiger partial charge >= 0.3 is 0 Å². The van der Waals surface area contributed by atoms with Crippen LogP contribution in [-0.4, -0.2) is 11.9 Å². The van der Waals surface area contributed by atoms with Gasteiger partial charge in [-0.3, -0.25) is 4.79 Å². The van der Waals surface area contributed by atoms with Crippen molar-refractivity contribution >= 4 is 5.78 Å². The normalized spacial score (nSPS) is 34.2. The summed E-state index contributed by atoms with van der Waals surface area (Å²) < 4.78 is 5.06. The average molecular weight is 126 g/mol. The fourth-order valence-corrected chi connectivity index (χ4v) is 0.731. The van der Waals surface area contributed by atoms with E-state index in [-0.39, 0.29) is 17.8 Å². The lowest BCUT2D eigenvalue weighted by atomic mass is 9.99. The van der Waals surface area contributed by atoms with Gasteiger partial charge in [0.25, 0.3) is 0 Å². The van der Waals surface area contributed by atoms with Crippen LogP contribution < -0.4 is 0 Å². The molecule has 1 rings (SSSR count). The highest BCUT2D eigenvalue weighted by Crippen LogP contribution is 2.13. The van der Waals surface area contributed by atoms with Gasteiger partial charge in [0.15, 0.2) is 5.78 Å². The first-order valence-corrected chi connectivity index (χ1v) is 3.07. The number of rotatable bonds is 0. The molecule has 50 valence electrons. The lowest BCUT2D eigenvalue weighted by Gasteiger charge is -2.20. The SMILES string of the molecule is CC1C(=O)C=CO[C@H]1C. The Kier molecular flexibility index (Phi) is 1.56. The first kappa shape index (κ1) is 6.33. The summed E-state index contributed by atoms with van der Waals surface area (Å²) in [5.74, 6) is 0.184. The molecule has 9 heavy (non-hydrogen) atoms.